The Morgan fingerprint density at radius 1 is 1.18 bits per heavy atom. The molecule has 1 aliphatic rings. The van der Waals surface area contributed by atoms with Gasteiger partial charge in [0.1, 0.15) is 5.82 Å². The normalized spacial score (nSPS) is 16.9. The third kappa shape index (κ3) is 2.99. The number of aryl methyl sites for hydroxylation is 1. The van der Waals surface area contributed by atoms with E-state index < -0.39 is 10.0 Å². The summed E-state index contributed by atoms with van der Waals surface area (Å²) in [6.45, 7) is 5.82. The van der Waals surface area contributed by atoms with E-state index in [2.05, 4.69) is 47.6 Å². The van der Waals surface area contributed by atoms with Crippen molar-refractivity contribution in [1.82, 2.24) is 13.9 Å². The van der Waals surface area contributed by atoms with Gasteiger partial charge < -0.3 is 9.47 Å². The van der Waals surface area contributed by atoms with Gasteiger partial charge in [-0.05, 0) is 50.1 Å². The van der Waals surface area contributed by atoms with Crippen molar-refractivity contribution in [3.05, 3.63) is 53.9 Å². The second-order valence-corrected chi connectivity index (χ2v) is 9.67. The molecule has 1 aromatic heterocycles. The number of para-hydroxylation sites is 1. The van der Waals surface area contributed by atoms with Crippen molar-refractivity contribution in [2.45, 2.75) is 44.3 Å². The first kappa shape index (κ1) is 19.0. The first-order valence-corrected chi connectivity index (χ1v) is 11.0. The van der Waals surface area contributed by atoms with Crippen LogP contribution in [0.4, 0.5) is 5.69 Å². The molecular formula is C21H26N4O2S. The quantitative estimate of drug-likeness (QED) is 0.662. The molecule has 0 fully saturated rings. The number of rotatable bonds is 5. The van der Waals surface area contributed by atoms with E-state index in [1.54, 1.807) is 26.2 Å². The number of aromatic nitrogens is 2. The Balaban J connectivity index is 1.76. The van der Waals surface area contributed by atoms with Crippen LogP contribution >= 0.6 is 0 Å². The molecule has 0 spiro atoms. The van der Waals surface area contributed by atoms with E-state index >= 15 is 0 Å². The summed E-state index contributed by atoms with van der Waals surface area (Å²) >= 11 is 0. The Hall–Kier alpha value is -2.38. The average Bonchev–Trinajstić information content (AvgIpc) is 3.18. The lowest BCUT2D eigenvalue weighted by atomic mass is 10.1. The predicted molar refractivity (Wildman–Crippen MR) is 112 cm³/mol. The maximum absolute atomic E-state index is 12.5. The van der Waals surface area contributed by atoms with Crippen LogP contribution in [0.2, 0.25) is 0 Å². The summed E-state index contributed by atoms with van der Waals surface area (Å²) in [5.74, 6) is 0.959. The highest BCUT2D eigenvalue weighted by atomic mass is 32.2. The summed E-state index contributed by atoms with van der Waals surface area (Å²) in [6, 6.07) is 14.1. The Kier molecular flexibility index (Phi) is 4.67. The molecule has 0 unspecified atom stereocenters. The lowest BCUT2D eigenvalue weighted by molar-refractivity contribution is 0.521. The number of anilines is 1. The van der Waals surface area contributed by atoms with E-state index in [0.717, 1.165) is 29.8 Å². The largest absolute Gasteiger partial charge is 0.361 e. The van der Waals surface area contributed by atoms with E-state index in [4.69, 9.17) is 4.98 Å². The number of benzene rings is 2. The van der Waals surface area contributed by atoms with Crippen LogP contribution in [-0.2, 0) is 29.5 Å². The second-order valence-electron chi connectivity index (χ2n) is 7.52. The van der Waals surface area contributed by atoms with Crippen molar-refractivity contribution in [2.24, 2.45) is 0 Å². The number of hydrogen-bond donors (Lipinski definition) is 0. The summed E-state index contributed by atoms with van der Waals surface area (Å²) in [5.41, 5.74) is 4.32. The van der Waals surface area contributed by atoms with Crippen molar-refractivity contribution in [2.75, 3.05) is 19.0 Å². The molecule has 3 aromatic rings. The number of nitrogens with zero attached hydrogens (tertiary/aromatic N) is 4. The Labute approximate surface area is 166 Å². The molecule has 0 aliphatic carbocycles. The minimum atomic E-state index is -3.48. The van der Waals surface area contributed by atoms with Crippen molar-refractivity contribution in [3.8, 4) is 0 Å². The second kappa shape index (κ2) is 6.90. The highest BCUT2D eigenvalue weighted by Gasteiger charge is 2.27. The Morgan fingerprint density at radius 3 is 2.64 bits per heavy atom. The van der Waals surface area contributed by atoms with E-state index in [0.29, 0.717) is 12.6 Å². The van der Waals surface area contributed by atoms with Gasteiger partial charge in [-0.1, -0.05) is 18.2 Å². The van der Waals surface area contributed by atoms with Gasteiger partial charge in [0.25, 0.3) is 0 Å². The first-order valence-electron chi connectivity index (χ1n) is 9.59. The van der Waals surface area contributed by atoms with Gasteiger partial charge in [-0.25, -0.2) is 17.7 Å². The summed E-state index contributed by atoms with van der Waals surface area (Å²) in [5, 5.41) is 0. The number of imidazole rings is 1. The molecule has 0 radical (unpaired) electrons. The van der Waals surface area contributed by atoms with Gasteiger partial charge in [0.05, 0.1) is 22.5 Å². The minimum Gasteiger partial charge on any atom is -0.361 e. The number of hydrogen-bond acceptors (Lipinski definition) is 4. The van der Waals surface area contributed by atoms with Crippen LogP contribution in [0.1, 0.15) is 25.2 Å². The standard InChI is InChI=1S/C21H26N4O2S/c1-5-24-20-11-10-17(28(26,27)23(3)4)13-18(20)22-21(24)14-25-15(2)12-16-8-6-7-9-19(16)25/h6-11,13,15H,5,12,14H2,1-4H3/t15-/m0/s1. The topological polar surface area (TPSA) is 58.4 Å². The van der Waals surface area contributed by atoms with Gasteiger partial charge >= 0.3 is 0 Å². The van der Waals surface area contributed by atoms with Gasteiger partial charge in [-0.3, -0.25) is 0 Å². The van der Waals surface area contributed by atoms with Crippen molar-refractivity contribution in [3.63, 3.8) is 0 Å². The fraction of sp³-hybridized carbons (Fsp3) is 0.381. The smallest absolute Gasteiger partial charge is 0.242 e. The zero-order valence-corrected chi connectivity index (χ0v) is 17.6. The maximum Gasteiger partial charge on any atom is 0.242 e. The predicted octanol–water partition coefficient (Wildman–Crippen LogP) is 3.26. The van der Waals surface area contributed by atoms with Crippen LogP contribution in [0.25, 0.3) is 11.0 Å². The molecule has 0 saturated carbocycles. The minimum absolute atomic E-state index is 0.275. The SMILES string of the molecule is CCn1c(CN2c3ccccc3C[C@@H]2C)nc2cc(S(=O)(=O)N(C)C)ccc21. The van der Waals surface area contributed by atoms with Gasteiger partial charge in [0.2, 0.25) is 10.0 Å². The number of sulfonamides is 1. The van der Waals surface area contributed by atoms with Crippen molar-refractivity contribution >= 4 is 26.7 Å². The third-order valence-corrected chi connectivity index (χ3v) is 7.36. The first-order chi connectivity index (χ1) is 13.3. The van der Waals surface area contributed by atoms with Crippen LogP contribution in [0, 0.1) is 0 Å². The molecule has 1 aliphatic heterocycles. The van der Waals surface area contributed by atoms with E-state index in [9.17, 15) is 8.42 Å². The molecule has 28 heavy (non-hydrogen) atoms. The summed E-state index contributed by atoms with van der Waals surface area (Å²) in [7, 11) is -0.389. The lowest BCUT2D eigenvalue weighted by Crippen LogP contribution is -2.30. The molecule has 2 aromatic carbocycles. The fourth-order valence-corrected chi connectivity index (χ4v) is 4.95. The Bertz CT molecular complexity index is 1130. The van der Waals surface area contributed by atoms with Gasteiger partial charge in [-0.2, -0.15) is 0 Å². The summed E-state index contributed by atoms with van der Waals surface area (Å²) in [4.78, 5) is 7.49. The molecule has 2 heterocycles. The molecule has 0 amide bonds. The zero-order valence-electron chi connectivity index (χ0n) is 16.8. The molecule has 1 atom stereocenters. The van der Waals surface area contributed by atoms with Gasteiger partial charge in [-0.15, -0.1) is 0 Å². The highest BCUT2D eigenvalue weighted by molar-refractivity contribution is 7.89. The van der Waals surface area contributed by atoms with Gasteiger partial charge in [0, 0.05) is 32.4 Å². The van der Waals surface area contributed by atoms with Gasteiger partial charge in [0.15, 0.2) is 0 Å². The number of fused-ring (bicyclic) bond motifs is 2. The monoisotopic (exact) mass is 398 g/mol. The Morgan fingerprint density at radius 2 is 1.93 bits per heavy atom. The zero-order chi connectivity index (χ0) is 20.1. The van der Waals surface area contributed by atoms with Crippen LogP contribution < -0.4 is 4.90 Å². The maximum atomic E-state index is 12.5. The molecule has 7 heteroatoms. The average molecular weight is 399 g/mol. The lowest BCUT2D eigenvalue weighted by Gasteiger charge is -2.24. The molecular weight excluding hydrogens is 372 g/mol. The summed E-state index contributed by atoms with van der Waals surface area (Å²) < 4.78 is 28.4. The van der Waals surface area contributed by atoms with E-state index in [1.807, 2.05) is 6.07 Å². The third-order valence-electron chi connectivity index (χ3n) is 5.55. The van der Waals surface area contributed by atoms with Crippen LogP contribution in [0.3, 0.4) is 0 Å². The van der Waals surface area contributed by atoms with Crippen molar-refractivity contribution < 1.29 is 8.42 Å². The molecule has 4 rings (SSSR count). The summed E-state index contributed by atoms with van der Waals surface area (Å²) in [6.07, 6.45) is 1.04. The molecule has 148 valence electrons. The molecule has 6 nitrogen and oxygen atoms in total. The van der Waals surface area contributed by atoms with E-state index in [-0.39, 0.29) is 4.90 Å². The van der Waals surface area contributed by atoms with Crippen molar-refractivity contribution in [1.29, 1.82) is 0 Å². The van der Waals surface area contributed by atoms with Crippen LogP contribution in [0.15, 0.2) is 47.4 Å². The van der Waals surface area contributed by atoms with Crippen LogP contribution in [-0.4, -0.2) is 42.4 Å². The van der Waals surface area contributed by atoms with Crippen LogP contribution in [0.5, 0.6) is 0 Å². The molecule has 0 bridgehead atoms. The molecule has 0 N–H and O–H groups in total. The molecule has 0 saturated heterocycles. The van der Waals surface area contributed by atoms with E-state index in [1.165, 1.54) is 15.6 Å². The highest BCUT2D eigenvalue weighted by Crippen LogP contribution is 2.33. The fourth-order valence-electron chi connectivity index (χ4n) is 4.03.